The van der Waals surface area contributed by atoms with E-state index < -0.39 is 6.17 Å². The zero-order chi connectivity index (χ0) is 17.0. The lowest BCUT2D eigenvalue weighted by atomic mass is 10.1. The Kier molecular flexibility index (Phi) is 3.27. The van der Waals surface area contributed by atoms with Gasteiger partial charge in [-0.05, 0) is 19.5 Å². The van der Waals surface area contributed by atoms with Crippen molar-refractivity contribution >= 4 is 16.9 Å². The molecule has 1 N–H and O–H groups in total. The summed E-state index contributed by atoms with van der Waals surface area (Å²) in [5.41, 5.74) is 2.78. The number of hydrogen-bond acceptors (Lipinski definition) is 5. The Labute approximate surface area is 144 Å². The van der Waals surface area contributed by atoms with Crippen molar-refractivity contribution in [1.29, 1.82) is 0 Å². The maximum absolute atomic E-state index is 13.5. The second kappa shape index (κ2) is 5.52. The molecule has 0 aromatic carbocycles. The van der Waals surface area contributed by atoms with Gasteiger partial charge in [-0.15, -0.1) is 0 Å². The molecule has 1 unspecified atom stereocenters. The van der Waals surface area contributed by atoms with Crippen molar-refractivity contribution in [2.75, 3.05) is 38.1 Å². The smallest absolute Gasteiger partial charge is 0.160 e. The summed E-state index contributed by atoms with van der Waals surface area (Å²) in [7, 11) is 2.11. The number of nitrogens with one attached hydrogen (secondary N) is 1. The summed E-state index contributed by atoms with van der Waals surface area (Å²) < 4.78 is 15.6. The van der Waals surface area contributed by atoms with Gasteiger partial charge in [0.05, 0.1) is 24.2 Å². The molecule has 5 rings (SSSR count). The average molecular weight is 341 g/mol. The van der Waals surface area contributed by atoms with Crippen LogP contribution in [0.1, 0.15) is 12.5 Å². The van der Waals surface area contributed by atoms with E-state index in [1.54, 1.807) is 0 Å². The lowest BCUT2D eigenvalue weighted by molar-refractivity contribution is 0.130. The fraction of sp³-hybridized carbons (Fsp3) is 0.471. The molecule has 8 heteroatoms. The molecule has 0 aliphatic carbocycles. The largest absolute Gasteiger partial charge is 0.352 e. The molecule has 0 amide bonds. The molecule has 3 aromatic heterocycles. The summed E-state index contributed by atoms with van der Waals surface area (Å²) in [4.78, 5) is 8.74. The van der Waals surface area contributed by atoms with Crippen LogP contribution in [-0.4, -0.2) is 69.3 Å². The number of pyridine rings is 1. The number of rotatable bonds is 3. The van der Waals surface area contributed by atoms with Crippen LogP contribution in [0.5, 0.6) is 0 Å². The first-order chi connectivity index (χ1) is 12.2. The summed E-state index contributed by atoms with van der Waals surface area (Å²) in [6.07, 6.45) is 5.58. The van der Waals surface area contributed by atoms with Crippen LogP contribution in [0.2, 0.25) is 0 Å². The molecule has 0 spiro atoms. The lowest BCUT2D eigenvalue weighted by Crippen LogP contribution is -2.45. The van der Waals surface area contributed by atoms with Gasteiger partial charge in [-0.3, -0.25) is 9.78 Å². The third-order valence-electron chi connectivity index (χ3n) is 5.18. The number of likely N-dealkylation sites (N-methyl/N-ethyl adjacent to an activating group) is 1. The number of aromatic nitrogens is 5. The summed E-state index contributed by atoms with van der Waals surface area (Å²) in [5.74, 6) is 0.789. The number of fused-ring (bicyclic) bond motifs is 1. The molecule has 5 heterocycles. The standard InChI is InChI=1S/C17H20FN7/c1-23-9-14(10-23)25-7-12(6-20-25)11-4-15-16(19-5-11)21-22-17(15)24-3-2-13(18)8-24/h4-7,13-14H,2-3,8-10H2,1H3,(H,19,21,22). The van der Waals surface area contributed by atoms with Crippen LogP contribution in [0, 0.1) is 0 Å². The van der Waals surface area contributed by atoms with E-state index >= 15 is 0 Å². The SMILES string of the molecule is CN1CC(n2cc(-c3cnc4[nH]nc(N5CCC(F)C5)c4c3)cn2)C1. The second-order valence-corrected chi connectivity index (χ2v) is 7.08. The van der Waals surface area contributed by atoms with Gasteiger partial charge in [0, 0.05) is 43.2 Å². The van der Waals surface area contributed by atoms with E-state index in [2.05, 4.69) is 44.5 Å². The Balaban J connectivity index is 1.48. The fourth-order valence-corrected chi connectivity index (χ4v) is 3.72. The minimum Gasteiger partial charge on any atom is -0.352 e. The van der Waals surface area contributed by atoms with Crippen molar-refractivity contribution in [2.24, 2.45) is 0 Å². The number of aromatic amines is 1. The fourth-order valence-electron chi connectivity index (χ4n) is 3.72. The molecule has 2 aliphatic rings. The lowest BCUT2D eigenvalue weighted by Gasteiger charge is -2.36. The third kappa shape index (κ3) is 2.48. The number of hydrogen-bond donors (Lipinski definition) is 1. The van der Waals surface area contributed by atoms with Gasteiger partial charge in [0.2, 0.25) is 0 Å². The predicted molar refractivity (Wildman–Crippen MR) is 93.4 cm³/mol. The summed E-state index contributed by atoms with van der Waals surface area (Å²) in [6, 6.07) is 2.52. The molecule has 2 fully saturated rings. The van der Waals surface area contributed by atoms with Crippen LogP contribution >= 0.6 is 0 Å². The Hall–Kier alpha value is -2.48. The van der Waals surface area contributed by atoms with Crippen LogP contribution in [0.25, 0.3) is 22.2 Å². The molecule has 0 radical (unpaired) electrons. The number of halogens is 1. The molecule has 2 aliphatic heterocycles. The molecule has 130 valence electrons. The van der Waals surface area contributed by atoms with E-state index in [1.807, 2.05) is 22.0 Å². The van der Waals surface area contributed by atoms with Crippen LogP contribution in [0.4, 0.5) is 10.2 Å². The van der Waals surface area contributed by atoms with Crippen molar-refractivity contribution in [3.8, 4) is 11.1 Å². The van der Waals surface area contributed by atoms with Crippen molar-refractivity contribution in [3.63, 3.8) is 0 Å². The van der Waals surface area contributed by atoms with E-state index in [0.717, 1.165) is 41.1 Å². The van der Waals surface area contributed by atoms with Crippen LogP contribution in [0.15, 0.2) is 24.7 Å². The molecular formula is C17H20FN7. The predicted octanol–water partition coefficient (Wildman–Crippen LogP) is 1.86. The summed E-state index contributed by atoms with van der Waals surface area (Å²) in [6.45, 7) is 3.16. The van der Waals surface area contributed by atoms with Crippen molar-refractivity contribution in [3.05, 3.63) is 24.7 Å². The second-order valence-electron chi connectivity index (χ2n) is 7.08. The van der Waals surface area contributed by atoms with E-state index in [-0.39, 0.29) is 0 Å². The van der Waals surface area contributed by atoms with Crippen LogP contribution in [-0.2, 0) is 0 Å². The van der Waals surface area contributed by atoms with Gasteiger partial charge in [0.25, 0.3) is 0 Å². The van der Waals surface area contributed by atoms with E-state index in [4.69, 9.17) is 0 Å². The first-order valence-corrected chi connectivity index (χ1v) is 8.63. The highest BCUT2D eigenvalue weighted by Crippen LogP contribution is 2.30. The molecule has 0 bridgehead atoms. The highest BCUT2D eigenvalue weighted by molar-refractivity contribution is 5.90. The van der Waals surface area contributed by atoms with Crippen LogP contribution < -0.4 is 4.90 Å². The topological polar surface area (TPSA) is 65.9 Å². The molecule has 3 aromatic rings. The van der Waals surface area contributed by atoms with Crippen molar-refractivity contribution in [1.82, 2.24) is 29.9 Å². The molecular weight excluding hydrogens is 321 g/mol. The number of nitrogens with zero attached hydrogens (tertiary/aromatic N) is 6. The van der Waals surface area contributed by atoms with Gasteiger partial charge >= 0.3 is 0 Å². The molecule has 25 heavy (non-hydrogen) atoms. The minimum absolute atomic E-state index is 0.400. The highest BCUT2D eigenvalue weighted by Gasteiger charge is 2.27. The van der Waals surface area contributed by atoms with Crippen molar-refractivity contribution in [2.45, 2.75) is 18.6 Å². The normalized spacial score (nSPS) is 22.0. The third-order valence-corrected chi connectivity index (χ3v) is 5.18. The first kappa shape index (κ1) is 14.8. The first-order valence-electron chi connectivity index (χ1n) is 8.63. The van der Waals surface area contributed by atoms with Crippen LogP contribution in [0.3, 0.4) is 0 Å². The van der Waals surface area contributed by atoms with E-state index in [0.29, 0.717) is 25.6 Å². The molecule has 2 saturated heterocycles. The Morgan fingerprint density at radius 1 is 1.20 bits per heavy atom. The van der Waals surface area contributed by atoms with E-state index in [9.17, 15) is 4.39 Å². The Morgan fingerprint density at radius 2 is 2.08 bits per heavy atom. The maximum atomic E-state index is 13.5. The zero-order valence-corrected chi connectivity index (χ0v) is 14.1. The minimum atomic E-state index is -0.776. The number of likely N-dealkylation sites (tertiary alicyclic amines) is 1. The maximum Gasteiger partial charge on any atom is 0.160 e. The molecule has 7 nitrogen and oxygen atoms in total. The van der Waals surface area contributed by atoms with Gasteiger partial charge in [-0.2, -0.15) is 10.2 Å². The quantitative estimate of drug-likeness (QED) is 0.788. The number of alkyl halides is 1. The number of H-pyrrole nitrogens is 1. The van der Waals surface area contributed by atoms with Gasteiger partial charge in [-0.25, -0.2) is 9.37 Å². The van der Waals surface area contributed by atoms with E-state index in [1.165, 1.54) is 0 Å². The zero-order valence-electron chi connectivity index (χ0n) is 14.1. The van der Waals surface area contributed by atoms with Gasteiger partial charge in [0.1, 0.15) is 6.17 Å². The number of anilines is 1. The van der Waals surface area contributed by atoms with Crippen molar-refractivity contribution < 1.29 is 4.39 Å². The van der Waals surface area contributed by atoms with Gasteiger partial charge < -0.3 is 9.80 Å². The molecule has 1 atom stereocenters. The Morgan fingerprint density at radius 3 is 2.84 bits per heavy atom. The average Bonchev–Trinajstić information content (AvgIpc) is 3.30. The monoisotopic (exact) mass is 341 g/mol. The summed E-state index contributed by atoms with van der Waals surface area (Å²) >= 11 is 0. The van der Waals surface area contributed by atoms with Gasteiger partial charge in [-0.1, -0.05) is 0 Å². The van der Waals surface area contributed by atoms with Gasteiger partial charge in [0.15, 0.2) is 11.5 Å². The molecule has 0 saturated carbocycles. The Bertz CT molecular complexity index is 911. The summed E-state index contributed by atoms with van der Waals surface area (Å²) in [5, 5.41) is 12.7. The highest BCUT2D eigenvalue weighted by atomic mass is 19.1.